The topological polar surface area (TPSA) is 6.48 Å². The first-order chi connectivity index (χ1) is 23.2. The lowest BCUT2D eigenvalue weighted by Gasteiger charge is -2.43. The molecule has 0 spiro atoms. The second-order valence-electron chi connectivity index (χ2n) is 14.6. The minimum Gasteiger partial charge on any atom is -0.358 e. The summed E-state index contributed by atoms with van der Waals surface area (Å²) in [5, 5.41) is 0. The summed E-state index contributed by atoms with van der Waals surface area (Å²) in [7, 11) is 0. The number of hydrogen-bond acceptors (Lipinski definition) is 3. The Bertz CT molecular complexity index is 1650. The normalized spacial score (nSPS) is 34.1. The van der Waals surface area contributed by atoms with Crippen LogP contribution in [0.25, 0.3) is 0 Å². The van der Waals surface area contributed by atoms with Crippen molar-refractivity contribution in [2.45, 2.75) is 82.5 Å². The van der Waals surface area contributed by atoms with E-state index in [4.69, 9.17) is 12.6 Å². The maximum absolute atomic E-state index is 5.48. The van der Waals surface area contributed by atoms with Crippen LogP contribution in [-0.2, 0) is 0 Å². The van der Waals surface area contributed by atoms with Gasteiger partial charge in [-0.1, -0.05) is 111 Å². The number of fused-ring (bicyclic) bond motifs is 6. The molecule has 0 aromatic heterocycles. The Morgan fingerprint density at radius 2 is 1.85 bits per heavy atom. The van der Waals surface area contributed by atoms with E-state index in [1.165, 1.54) is 59.5 Å². The average molecular weight is 639 g/mol. The standard InChI is InChI=1S/C44H50N2S/c1-3-13-32(4-2)45(33-16-6-5-7-17-33)34-24-26-35(27-25-34)46-40-21-11-10-19-39(40)43-41(46)29-28-38(44(43)47)37-20-12-15-31-23-22-30-14-8-9-18-36(30)42(31)37/h4-8,12,14-17,19-20,22-24,26-32,34,36,40-43,47H,2-3,9-11,13,18,21,25H2,1H3. The summed E-state index contributed by atoms with van der Waals surface area (Å²) < 4.78 is 0. The predicted molar refractivity (Wildman–Crippen MR) is 202 cm³/mol. The molecular formula is C44H50N2S. The van der Waals surface area contributed by atoms with Gasteiger partial charge in [0.15, 0.2) is 0 Å². The smallest absolute Gasteiger partial charge is 0.0594 e. The van der Waals surface area contributed by atoms with Gasteiger partial charge >= 0.3 is 0 Å². The maximum atomic E-state index is 5.48. The number of benzene rings is 1. The average Bonchev–Trinajstić information content (AvgIpc) is 3.47. The largest absolute Gasteiger partial charge is 0.358 e. The number of likely N-dealkylation sites (tertiary alicyclic amines) is 1. The second kappa shape index (κ2) is 13.2. The summed E-state index contributed by atoms with van der Waals surface area (Å²) in [6.07, 6.45) is 43.5. The van der Waals surface area contributed by atoms with Gasteiger partial charge in [0.1, 0.15) is 0 Å². The van der Waals surface area contributed by atoms with E-state index in [1.807, 2.05) is 0 Å². The lowest BCUT2D eigenvalue weighted by Crippen LogP contribution is -2.43. The van der Waals surface area contributed by atoms with Crippen LogP contribution in [0.5, 0.6) is 0 Å². The highest BCUT2D eigenvalue weighted by molar-refractivity contribution is 7.84. The SMILES string of the molecule is C=CC(CCC)N(c1ccccc1)C1C=CC(N2C3CCCC=C3C3C(S)=C(C4=CC=CC5C=CC6C=CCCC6C45)C=CC32)=CC1. The Balaban J connectivity index is 1.09. The van der Waals surface area contributed by atoms with E-state index in [-0.39, 0.29) is 0 Å². The molecule has 1 aromatic rings. The molecule has 0 radical (unpaired) electrons. The molecule has 1 aromatic carbocycles. The predicted octanol–water partition coefficient (Wildman–Crippen LogP) is 10.5. The minimum absolute atomic E-state index is 0.312. The zero-order valence-electron chi connectivity index (χ0n) is 27.9. The van der Waals surface area contributed by atoms with Crippen molar-refractivity contribution < 1.29 is 0 Å². The van der Waals surface area contributed by atoms with Crippen LogP contribution in [0.1, 0.15) is 58.3 Å². The van der Waals surface area contributed by atoms with Gasteiger partial charge in [-0.05, 0) is 103 Å². The van der Waals surface area contributed by atoms with Crippen molar-refractivity contribution in [2.24, 2.45) is 29.6 Å². The molecule has 6 aliphatic carbocycles. The maximum Gasteiger partial charge on any atom is 0.0594 e. The lowest BCUT2D eigenvalue weighted by atomic mass is 9.61. The minimum atomic E-state index is 0.312. The van der Waals surface area contributed by atoms with Crippen molar-refractivity contribution in [3.63, 3.8) is 0 Å². The molecule has 47 heavy (non-hydrogen) atoms. The second-order valence-corrected chi connectivity index (χ2v) is 15.0. The van der Waals surface area contributed by atoms with E-state index >= 15 is 0 Å². The Hall–Kier alpha value is -3.43. The van der Waals surface area contributed by atoms with Crippen molar-refractivity contribution in [3.8, 4) is 0 Å². The van der Waals surface area contributed by atoms with Crippen LogP contribution < -0.4 is 4.90 Å². The van der Waals surface area contributed by atoms with E-state index < -0.39 is 0 Å². The Morgan fingerprint density at radius 3 is 2.66 bits per heavy atom. The Kier molecular flexibility index (Phi) is 8.69. The van der Waals surface area contributed by atoms with Gasteiger partial charge in [0.2, 0.25) is 0 Å². The molecule has 1 fully saturated rings. The van der Waals surface area contributed by atoms with Crippen LogP contribution in [-0.4, -0.2) is 29.1 Å². The van der Waals surface area contributed by atoms with Crippen LogP contribution in [0.15, 0.2) is 149 Å². The molecule has 1 saturated heterocycles. The first kappa shape index (κ1) is 30.9. The first-order valence-corrected chi connectivity index (χ1v) is 18.8. The molecule has 8 rings (SSSR count). The number of hydrogen-bond donors (Lipinski definition) is 1. The summed E-state index contributed by atoms with van der Waals surface area (Å²) in [4.78, 5) is 6.64. The summed E-state index contributed by atoms with van der Waals surface area (Å²) in [5.41, 5.74) is 7.18. The molecule has 9 unspecified atom stereocenters. The van der Waals surface area contributed by atoms with Gasteiger partial charge in [0.25, 0.3) is 0 Å². The highest BCUT2D eigenvalue weighted by Gasteiger charge is 2.49. The highest BCUT2D eigenvalue weighted by atomic mass is 32.1. The third-order valence-corrected chi connectivity index (χ3v) is 12.6. The van der Waals surface area contributed by atoms with Crippen molar-refractivity contribution in [1.82, 2.24) is 4.90 Å². The fraction of sp³-hybridized carbons (Fsp3) is 0.409. The number of thiol groups is 1. The van der Waals surface area contributed by atoms with E-state index in [9.17, 15) is 0 Å². The number of anilines is 1. The monoisotopic (exact) mass is 638 g/mol. The van der Waals surface area contributed by atoms with Gasteiger partial charge in [-0.2, -0.15) is 0 Å². The number of para-hydroxylation sites is 1. The molecule has 2 nitrogen and oxygen atoms in total. The number of rotatable bonds is 8. The molecule has 0 bridgehead atoms. The number of allylic oxidation sites excluding steroid dienone is 12. The molecule has 0 amide bonds. The van der Waals surface area contributed by atoms with Crippen LogP contribution in [0.3, 0.4) is 0 Å². The molecule has 0 saturated carbocycles. The molecule has 7 aliphatic rings. The summed E-state index contributed by atoms with van der Waals surface area (Å²) in [5.74, 6) is 2.59. The molecule has 0 N–H and O–H groups in total. The van der Waals surface area contributed by atoms with Crippen LogP contribution >= 0.6 is 12.6 Å². The molecule has 1 heterocycles. The molecular weight excluding hydrogens is 589 g/mol. The fourth-order valence-corrected chi connectivity index (χ4v) is 10.5. The van der Waals surface area contributed by atoms with Crippen molar-refractivity contribution >= 4 is 18.3 Å². The van der Waals surface area contributed by atoms with E-state index in [0.29, 0.717) is 53.8 Å². The van der Waals surface area contributed by atoms with Crippen molar-refractivity contribution in [2.75, 3.05) is 4.90 Å². The van der Waals surface area contributed by atoms with Gasteiger partial charge in [0, 0.05) is 29.3 Å². The lowest BCUT2D eigenvalue weighted by molar-refractivity contribution is 0.253. The highest BCUT2D eigenvalue weighted by Crippen LogP contribution is 2.54. The summed E-state index contributed by atoms with van der Waals surface area (Å²) >= 11 is 5.48. The van der Waals surface area contributed by atoms with Crippen molar-refractivity contribution in [1.29, 1.82) is 0 Å². The zero-order chi connectivity index (χ0) is 31.9. The molecule has 3 heteroatoms. The Morgan fingerprint density at radius 1 is 0.979 bits per heavy atom. The van der Waals surface area contributed by atoms with Crippen LogP contribution in [0.4, 0.5) is 5.69 Å². The Labute approximate surface area is 288 Å². The van der Waals surface area contributed by atoms with E-state index in [2.05, 4.69) is 139 Å². The van der Waals surface area contributed by atoms with Gasteiger partial charge in [-0.3, -0.25) is 0 Å². The van der Waals surface area contributed by atoms with Crippen LogP contribution in [0.2, 0.25) is 0 Å². The van der Waals surface area contributed by atoms with Gasteiger partial charge in [-0.25, -0.2) is 0 Å². The summed E-state index contributed by atoms with van der Waals surface area (Å²) in [6.45, 7) is 6.52. The van der Waals surface area contributed by atoms with Gasteiger partial charge in [0.05, 0.1) is 18.1 Å². The molecule has 1 aliphatic heterocycles. The third kappa shape index (κ3) is 5.43. The number of nitrogens with zero attached hydrogens (tertiary/aromatic N) is 2. The molecule has 9 atom stereocenters. The van der Waals surface area contributed by atoms with Gasteiger partial charge < -0.3 is 9.80 Å². The quantitative estimate of drug-likeness (QED) is 0.224. The molecule has 242 valence electrons. The van der Waals surface area contributed by atoms with Crippen molar-refractivity contribution in [3.05, 3.63) is 149 Å². The van der Waals surface area contributed by atoms with E-state index in [1.54, 1.807) is 5.57 Å². The van der Waals surface area contributed by atoms with Gasteiger partial charge in [-0.15, -0.1) is 19.2 Å². The van der Waals surface area contributed by atoms with Crippen LogP contribution in [0, 0.1) is 29.6 Å². The fourth-order valence-electron chi connectivity index (χ4n) is 9.99. The first-order valence-electron chi connectivity index (χ1n) is 18.4. The summed E-state index contributed by atoms with van der Waals surface area (Å²) in [6, 6.07) is 12.3. The zero-order valence-corrected chi connectivity index (χ0v) is 28.8. The van der Waals surface area contributed by atoms with E-state index in [0.717, 1.165) is 19.3 Å². The third-order valence-electron chi connectivity index (χ3n) is 12.0.